The quantitative estimate of drug-likeness (QED) is 0.704. The van der Waals surface area contributed by atoms with E-state index in [1.165, 1.54) is 11.3 Å². The number of hydrogen-bond donors (Lipinski definition) is 0. The summed E-state index contributed by atoms with van der Waals surface area (Å²) < 4.78 is 2.22. The molecule has 0 fully saturated rings. The zero-order valence-corrected chi connectivity index (χ0v) is 8.57. The lowest BCUT2D eigenvalue weighted by Gasteiger charge is -2.07. The Hall–Kier alpha value is -1.57. The fraction of sp³-hybridized carbons (Fsp3) is 0.250. The second-order valence-corrected chi connectivity index (χ2v) is 3.52. The number of hydrogen-bond acceptors (Lipinski definition) is 1. The first kappa shape index (κ1) is 9.00. The minimum atomic E-state index is 0.915. The maximum absolute atomic E-state index is 4.28. The number of aromatic nitrogens is 2. The molecule has 0 saturated carbocycles. The summed E-state index contributed by atoms with van der Waals surface area (Å²) in [6, 6.07) is 10.4. The molecule has 2 rings (SSSR count). The molecule has 1 heterocycles. The lowest BCUT2D eigenvalue weighted by molar-refractivity contribution is 0.738. The van der Waals surface area contributed by atoms with Crippen LogP contribution in [-0.4, -0.2) is 9.55 Å². The van der Waals surface area contributed by atoms with E-state index in [9.17, 15) is 0 Å². The standard InChI is InChI=1S/C12H14N2/c1-10-8-13-11(2)14(10)9-12-6-4-3-5-7-12/h3-8H,9H2,1-2H3. The predicted octanol–water partition coefficient (Wildman–Crippen LogP) is 2.55. The molecule has 0 aliphatic rings. The molecule has 0 aliphatic carbocycles. The van der Waals surface area contributed by atoms with Gasteiger partial charge in [-0.15, -0.1) is 0 Å². The molecule has 2 heteroatoms. The summed E-state index contributed by atoms with van der Waals surface area (Å²) in [5.41, 5.74) is 2.53. The van der Waals surface area contributed by atoms with Gasteiger partial charge in [0.05, 0.1) is 0 Å². The van der Waals surface area contributed by atoms with Gasteiger partial charge in [0, 0.05) is 18.4 Å². The summed E-state index contributed by atoms with van der Waals surface area (Å²) >= 11 is 0. The first-order valence-corrected chi connectivity index (χ1v) is 4.80. The minimum absolute atomic E-state index is 0.915. The van der Waals surface area contributed by atoms with Gasteiger partial charge in [-0.2, -0.15) is 0 Å². The number of aryl methyl sites for hydroxylation is 2. The van der Waals surface area contributed by atoms with E-state index < -0.39 is 0 Å². The van der Waals surface area contributed by atoms with Crippen molar-refractivity contribution >= 4 is 0 Å². The Morgan fingerprint density at radius 1 is 1.14 bits per heavy atom. The number of benzene rings is 1. The summed E-state index contributed by atoms with van der Waals surface area (Å²) in [5.74, 6) is 1.08. The van der Waals surface area contributed by atoms with Gasteiger partial charge in [-0.3, -0.25) is 0 Å². The van der Waals surface area contributed by atoms with Gasteiger partial charge in [0.15, 0.2) is 0 Å². The smallest absolute Gasteiger partial charge is 0.106 e. The Balaban J connectivity index is 2.27. The molecular weight excluding hydrogens is 172 g/mol. The van der Waals surface area contributed by atoms with Crippen molar-refractivity contribution in [1.82, 2.24) is 9.55 Å². The van der Waals surface area contributed by atoms with Crippen LogP contribution in [0, 0.1) is 13.8 Å². The topological polar surface area (TPSA) is 17.8 Å². The van der Waals surface area contributed by atoms with Gasteiger partial charge in [-0.05, 0) is 19.4 Å². The van der Waals surface area contributed by atoms with E-state index in [0.29, 0.717) is 0 Å². The highest BCUT2D eigenvalue weighted by molar-refractivity contribution is 5.17. The van der Waals surface area contributed by atoms with Crippen LogP contribution in [0.15, 0.2) is 36.5 Å². The van der Waals surface area contributed by atoms with Crippen molar-refractivity contribution < 1.29 is 0 Å². The first-order valence-electron chi connectivity index (χ1n) is 4.80. The fourth-order valence-corrected chi connectivity index (χ4v) is 1.59. The normalized spacial score (nSPS) is 10.4. The molecule has 2 aromatic rings. The summed E-state index contributed by atoms with van der Waals surface area (Å²) in [6.07, 6.45) is 1.91. The lowest BCUT2D eigenvalue weighted by Crippen LogP contribution is -2.03. The third-order valence-corrected chi connectivity index (χ3v) is 2.44. The summed E-state index contributed by atoms with van der Waals surface area (Å²) in [5, 5.41) is 0. The van der Waals surface area contributed by atoms with Gasteiger partial charge >= 0.3 is 0 Å². The van der Waals surface area contributed by atoms with Crippen LogP contribution in [0.1, 0.15) is 17.1 Å². The van der Waals surface area contributed by atoms with Crippen LogP contribution in [0.4, 0.5) is 0 Å². The van der Waals surface area contributed by atoms with E-state index in [1.54, 1.807) is 0 Å². The Labute approximate surface area is 84.2 Å². The number of rotatable bonds is 2. The number of imidazole rings is 1. The molecule has 0 atom stereocenters. The van der Waals surface area contributed by atoms with Gasteiger partial charge in [0.1, 0.15) is 5.82 Å². The largest absolute Gasteiger partial charge is 0.328 e. The monoisotopic (exact) mass is 186 g/mol. The second-order valence-electron chi connectivity index (χ2n) is 3.52. The summed E-state index contributed by atoms with van der Waals surface area (Å²) in [7, 11) is 0. The van der Waals surface area contributed by atoms with Crippen LogP contribution in [0.2, 0.25) is 0 Å². The molecule has 72 valence electrons. The van der Waals surface area contributed by atoms with Crippen molar-refractivity contribution in [2.24, 2.45) is 0 Å². The Bertz CT molecular complexity index is 396. The van der Waals surface area contributed by atoms with Crippen LogP contribution < -0.4 is 0 Å². The van der Waals surface area contributed by atoms with Crippen molar-refractivity contribution in [3.05, 3.63) is 53.6 Å². The molecule has 0 spiro atoms. The van der Waals surface area contributed by atoms with Crippen LogP contribution in [-0.2, 0) is 6.54 Å². The van der Waals surface area contributed by atoms with E-state index in [2.05, 4.69) is 40.7 Å². The minimum Gasteiger partial charge on any atom is -0.328 e. The molecule has 0 amide bonds. The predicted molar refractivity (Wildman–Crippen MR) is 57.2 cm³/mol. The van der Waals surface area contributed by atoms with Crippen molar-refractivity contribution in [2.75, 3.05) is 0 Å². The number of nitrogens with zero attached hydrogens (tertiary/aromatic N) is 2. The highest BCUT2D eigenvalue weighted by Crippen LogP contribution is 2.08. The van der Waals surface area contributed by atoms with Crippen LogP contribution in [0.5, 0.6) is 0 Å². The SMILES string of the molecule is Cc1cnc(C)n1Cc1ccccc1. The highest BCUT2D eigenvalue weighted by atomic mass is 15.1. The van der Waals surface area contributed by atoms with Crippen molar-refractivity contribution in [1.29, 1.82) is 0 Å². The van der Waals surface area contributed by atoms with Gasteiger partial charge in [-0.25, -0.2) is 4.98 Å². The second kappa shape index (κ2) is 3.66. The third kappa shape index (κ3) is 1.69. The maximum Gasteiger partial charge on any atom is 0.106 e. The molecule has 0 unspecified atom stereocenters. The van der Waals surface area contributed by atoms with Gasteiger partial charge in [0.25, 0.3) is 0 Å². The summed E-state index contributed by atoms with van der Waals surface area (Å²) in [6.45, 7) is 5.04. The van der Waals surface area contributed by atoms with Crippen molar-refractivity contribution in [2.45, 2.75) is 20.4 Å². The highest BCUT2D eigenvalue weighted by Gasteiger charge is 2.02. The molecular formula is C12H14N2. The summed E-state index contributed by atoms with van der Waals surface area (Å²) in [4.78, 5) is 4.28. The Morgan fingerprint density at radius 2 is 1.86 bits per heavy atom. The first-order chi connectivity index (χ1) is 6.77. The molecule has 14 heavy (non-hydrogen) atoms. The molecule has 2 nitrogen and oxygen atoms in total. The molecule has 0 radical (unpaired) electrons. The molecule has 1 aromatic carbocycles. The van der Waals surface area contributed by atoms with E-state index in [4.69, 9.17) is 0 Å². The maximum atomic E-state index is 4.28. The average Bonchev–Trinajstić information content (AvgIpc) is 2.51. The van der Waals surface area contributed by atoms with Crippen LogP contribution >= 0.6 is 0 Å². The molecule has 0 N–H and O–H groups in total. The Morgan fingerprint density at radius 3 is 2.43 bits per heavy atom. The Kier molecular flexibility index (Phi) is 2.35. The molecule has 1 aromatic heterocycles. The lowest BCUT2D eigenvalue weighted by atomic mass is 10.2. The van der Waals surface area contributed by atoms with Crippen molar-refractivity contribution in [3.63, 3.8) is 0 Å². The molecule has 0 bridgehead atoms. The average molecular weight is 186 g/mol. The fourth-order valence-electron chi connectivity index (χ4n) is 1.59. The third-order valence-electron chi connectivity index (χ3n) is 2.44. The van der Waals surface area contributed by atoms with E-state index in [1.807, 2.05) is 19.2 Å². The van der Waals surface area contributed by atoms with Gasteiger partial charge in [0.2, 0.25) is 0 Å². The van der Waals surface area contributed by atoms with Crippen molar-refractivity contribution in [3.8, 4) is 0 Å². The van der Waals surface area contributed by atoms with Gasteiger partial charge in [-0.1, -0.05) is 30.3 Å². The van der Waals surface area contributed by atoms with E-state index >= 15 is 0 Å². The van der Waals surface area contributed by atoms with E-state index in [-0.39, 0.29) is 0 Å². The van der Waals surface area contributed by atoms with E-state index in [0.717, 1.165) is 12.4 Å². The van der Waals surface area contributed by atoms with Crippen LogP contribution in [0.25, 0.3) is 0 Å². The zero-order valence-electron chi connectivity index (χ0n) is 8.57. The van der Waals surface area contributed by atoms with Gasteiger partial charge < -0.3 is 4.57 Å². The molecule has 0 saturated heterocycles. The zero-order chi connectivity index (χ0) is 9.97. The molecule has 0 aliphatic heterocycles. The van der Waals surface area contributed by atoms with Crippen LogP contribution in [0.3, 0.4) is 0 Å².